The zero-order valence-electron chi connectivity index (χ0n) is 14.8. The first-order chi connectivity index (χ1) is 11.2. The fourth-order valence-electron chi connectivity index (χ4n) is 1.82. The van der Waals surface area contributed by atoms with E-state index in [0.29, 0.717) is 44.7 Å². The van der Waals surface area contributed by atoms with Gasteiger partial charge in [-0.2, -0.15) is 0 Å². The molecule has 0 heterocycles. The minimum Gasteiger partial charge on any atom is -0.493 e. The molecule has 1 aromatic carbocycles. The minimum absolute atomic E-state index is 0. The van der Waals surface area contributed by atoms with Crippen LogP contribution in [0.5, 0.6) is 11.5 Å². The van der Waals surface area contributed by atoms with Crippen LogP contribution in [-0.4, -0.2) is 60.2 Å². The summed E-state index contributed by atoms with van der Waals surface area (Å²) in [4.78, 5) is 4.17. The Morgan fingerprint density at radius 2 is 1.92 bits per heavy atom. The zero-order valence-corrected chi connectivity index (χ0v) is 17.1. The number of methoxy groups -OCH3 is 2. The van der Waals surface area contributed by atoms with Crippen LogP contribution in [0.1, 0.15) is 6.92 Å². The summed E-state index contributed by atoms with van der Waals surface area (Å²) in [6.45, 7) is 4.94. The number of rotatable bonds is 10. The average molecular weight is 453 g/mol. The molecule has 0 aliphatic heterocycles. The molecule has 2 N–H and O–H groups in total. The quantitative estimate of drug-likeness (QED) is 0.245. The average Bonchev–Trinajstić information content (AvgIpc) is 2.58. The van der Waals surface area contributed by atoms with Crippen molar-refractivity contribution in [2.45, 2.75) is 6.92 Å². The van der Waals surface area contributed by atoms with Gasteiger partial charge in [-0.15, -0.1) is 24.0 Å². The second-order valence-electron chi connectivity index (χ2n) is 4.53. The van der Waals surface area contributed by atoms with E-state index in [9.17, 15) is 0 Å². The first kappa shape index (κ1) is 22.7. The summed E-state index contributed by atoms with van der Waals surface area (Å²) in [5.74, 6) is 2.05. The molecule has 0 saturated heterocycles. The zero-order chi connectivity index (χ0) is 16.9. The number of nitrogens with one attached hydrogen (secondary N) is 2. The molecule has 0 aliphatic rings. The van der Waals surface area contributed by atoms with Crippen LogP contribution >= 0.6 is 24.0 Å². The van der Waals surface area contributed by atoms with Crippen LogP contribution in [0, 0.1) is 0 Å². The van der Waals surface area contributed by atoms with Gasteiger partial charge in [-0.25, -0.2) is 0 Å². The van der Waals surface area contributed by atoms with Crippen molar-refractivity contribution >= 4 is 35.6 Å². The first-order valence-electron chi connectivity index (χ1n) is 7.60. The highest BCUT2D eigenvalue weighted by Crippen LogP contribution is 2.30. The number of halogens is 1. The summed E-state index contributed by atoms with van der Waals surface area (Å²) >= 11 is 0. The molecular formula is C16H28IN3O4. The topological polar surface area (TPSA) is 73.3 Å². The van der Waals surface area contributed by atoms with E-state index < -0.39 is 0 Å². The fourth-order valence-corrected chi connectivity index (χ4v) is 1.82. The largest absolute Gasteiger partial charge is 0.493 e. The van der Waals surface area contributed by atoms with Gasteiger partial charge in [-0.3, -0.25) is 4.99 Å². The molecule has 138 valence electrons. The van der Waals surface area contributed by atoms with Crippen LogP contribution in [0.4, 0.5) is 5.69 Å². The van der Waals surface area contributed by atoms with Gasteiger partial charge in [-0.05, 0) is 19.1 Å². The molecule has 0 amide bonds. The maximum Gasteiger partial charge on any atom is 0.195 e. The van der Waals surface area contributed by atoms with Crippen molar-refractivity contribution in [1.29, 1.82) is 0 Å². The monoisotopic (exact) mass is 453 g/mol. The Hall–Kier alpha value is -1.26. The van der Waals surface area contributed by atoms with E-state index in [-0.39, 0.29) is 24.0 Å². The number of nitrogens with zero attached hydrogens (tertiary/aromatic N) is 1. The maximum absolute atomic E-state index is 5.50. The molecule has 1 rings (SSSR count). The molecule has 8 heteroatoms. The molecule has 0 atom stereocenters. The lowest BCUT2D eigenvalue weighted by Gasteiger charge is -2.14. The summed E-state index contributed by atoms with van der Waals surface area (Å²) < 4.78 is 21.1. The Kier molecular flexibility index (Phi) is 13.4. The van der Waals surface area contributed by atoms with Crippen LogP contribution in [0.3, 0.4) is 0 Å². The molecule has 24 heavy (non-hydrogen) atoms. The van der Waals surface area contributed by atoms with Crippen molar-refractivity contribution in [3.63, 3.8) is 0 Å². The number of hydrogen-bond acceptors (Lipinski definition) is 5. The lowest BCUT2D eigenvalue weighted by atomic mass is 10.2. The molecule has 0 bridgehead atoms. The second-order valence-corrected chi connectivity index (χ2v) is 4.53. The van der Waals surface area contributed by atoms with Crippen molar-refractivity contribution in [3.8, 4) is 11.5 Å². The lowest BCUT2D eigenvalue weighted by molar-refractivity contribution is 0.0734. The van der Waals surface area contributed by atoms with Gasteiger partial charge in [0.1, 0.15) is 0 Å². The summed E-state index contributed by atoms with van der Waals surface area (Å²) in [5, 5.41) is 6.37. The van der Waals surface area contributed by atoms with Crippen molar-refractivity contribution in [2.75, 3.05) is 59.6 Å². The van der Waals surface area contributed by atoms with Gasteiger partial charge in [0.25, 0.3) is 0 Å². The molecule has 0 saturated carbocycles. The van der Waals surface area contributed by atoms with Gasteiger partial charge >= 0.3 is 0 Å². The fraction of sp³-hybridized carbons (Fsp3) is 0.562. The molecule has 0 unspecified atom stereocenters. The van der Waals surface area contributed by atoms with Gasteiger partial charge < -0.3 is 29.6 Å². The van der Waals surface area contributed by atoms with E-state index in [0.717, 1.165) is 11.4 Å². The standard InChI is InChI=1S/C16H27N3O4.HI/c1-5-23-14-7-6-13(12-15(14)21-4)19-16(17-2)18-8-9-22-11-10-20-3;/h6-7,12H,5,8-11H2,1-4H3,(H2,17,18,19);1H. The molecule has 0 radical (unpaired) electrons. The summed E-state index contributed by atoms with van der Waals surface area (Å²) in [6, 6.07) is 5.65. The third kappa shape index (κ3) is 8.55. The van der Waals surface area contributed by atoms with Gasteiger partial charge in [0.15, 0.2) is 17.5 Å². The smallest absolute Gasteiger partial charge is 0.195 e. The molecule has 0 fully saturated rings. The summed E-state index contributed by atoms with van der Waals surface area (Å²) in [6.07, 6.45) is 0. The van der Waals surface area contributed by atoms with Gasteiger partial charge in [-0.1, -0.05) is 0 Å². The van der Waals surface area contributed by atoms with E-state index in [1.807, 2.05) is 25.1 Å². The highest BCUT2D eigenvalue weighted by Gasteiger charge is 2.06. The van der Waals surface area contributed by atoms with Crippen LogP contribution < -0.4 is 20.1 Å². The number of anilines is 1. The summed E-state index contributed by atoms with van der Waals surface area (Å²) in [5.41, 5.74) is 0.860. The molecule has 0 aromatic heterocycles. The second kappa shape index (κ2) is 14.1. The Labute approximate surface area is 161 Å². The highest BCUT2D eigenvalue weighted by molar-refractivity contribution is 14.0. The molecule has 0 aliphatic carbocycles. The Bertz CT molecular complexity index is 486. The minimum atomic E-state index is 0. The third-order valence-electron chi connectivity index (χ3n) is 2.92. The Balaban J connectivity index is 0.00000529. The van der Waals surface area contributed by atoms with E-state index in [4.69, 9.17) is 18.9 Å². The van der Waals surface area contributed by atoms with Crippen LogP contribution in [0.25, 0.3) is 0 Å². The van der Waals surface area contributed by atoms with Crippen molar-refractivity contribution < 1.29 is 18.9 Å². The number of aliphatic imine (C=N–C) groups is 1. The first-order valence-corrected chi connectivity index (χ1v) is 7.60. The lowest BCUT2D eigenvalue weighted by Crippen LogP contribution is -2.33. The van der Waals surface area contributed by atoms with E-state index in [2.05, 4.69) is 15.6 Å². The SMILES string of the molecule is CCOc1ccc(NC(=NC)NCCOCCOC)cc1OC.I. The van der Waals surface area contributed by atoms with E-state index in [1.165, 1.54) is 0 Å². The van der Waals surface area contributed by atoms with E-state index in [1.54, 1.807) is 21.3 Å². The van der Waals surface area contributed by atoms with E-state index >= 15 is 0 Å². The number of hydrogen-bond donors (Lipinski definition) is 2. The van der Waals surface area contributed by atoms with Crippen LogP contribution in [0.2, 0.25) is 0 Å². The van der Waals surface area contributed by atoms with Gasteiger partial charge in [0.2, 0.25) is 0 Å². The summed E-state index contributed by atoms with van der Waals surface area (Å²) in [7, 11) is 4.98. The van der Waals surface area contributed by atoms with Gasteiger partial charge in [0.05, 0.1) is 33.5 Å². The Morgan fingerprint density at radius 1 is 1.12 bits per heavy atom. The normalized spacial score (nSPS) is 10.8. The highest BCUT2D eigenvalue weighted by atomic mass is 127. The van der Waals surface area contributed by atoms with Crippen LogP contribution in [-0.2, 0) is 9.47 Å². The van der Waals surface area contributed by atoms with Crippen molar-refractivity contribution in [1.82, 2.24) is 5.32 Å². The molecule has 0 spiro atoms. The maximum atomic E-state index is 5.50. The van der Waals surface area contributed by atoms with Crippen molar-refractivity contribution in [3.05, 3.63) is 18.2 Å². The number of guanidine groups is 1. The number of ether oxygens (including phenoxy) is 4. The Morgan fingerprint density at radius 3 is 2.54 bits per heavy atom. The third-order valence-corrected chi connectivity index (χ3v) is 2.92. The molecule has 7 nitrogen and oxygen atoms in total. The van der Waals surface area contributed by atoms with Crippen molar-refractivity contribution in [2.24, 2.45) is 4.99 Å². The predicted molar refractivity (Wildman–Crippen MR) is 107 cm³/mol. The predicted octanol–water partition coefficient (Wildman–Crippen LogP) is 2.36. The molecular weight excluding hydrogens is 425 g/mol. The molecule has 1 aromatic rings. The van der Waals surface area contributed by atoms with Crippen LogP contribution in [0.15, 0.2) is 23.2 Å². The van der Waals surface area contributed by atoms with Gasteiger partial charge in [0, 0.05) is 32.5 Å². The number of benzene rings is 1.